The number of ketones is 1. The number of benzene rings is 2. The first-order valence-corrected chi connectivity index (χ1v) is 12.5. The van der Waals surface area contributed by atoms with Gasteiger partial charge in [-0.1, -0.05) is 0 Å². The van der Waals surface area contributed by atoms with E-state index >= 15 is 0 Å². The first-order valence-electron chi connectivity index (χ1n) is 11.0. The number of amides is 2. The molecule has 0 unspecified atom stereocenters. The monoisotopic (exact) mass is 469 g/mol. The van der Waals surface area contributed by atoms with Gasteiger partial charge < -0.3 is 10.2 Å². The van der Waals surface area contributed by atoms with Crippen LogP contribution < -0.4 is 14.9 Å². The van der Waals surface area contributed by atoms with E-state index in [2.05, 4.69) is 10.0 Å². The Bertz CT molecular complexity index is 1200. The van der Waals surface area contributed by atoms with Crippen LogP contribution in [0.5, 0.6) is 0 Å². The quantitative estimate of drug-likeness (QED) is 0.578. The van der Waals surface area contributed by atoms with Gasteiger partial charge in [0.15, 0.2) is 5.78 Å². The van der Waals surface area contributed by atoms with Crippen LogP contribution in [0.1, 0.15) is 49.0 Å². The molecule has 2 N–H and O–H groups in total. The molecule has 0 bridgehead atoms. The van der Waals surface area contributed by atoms with Crippen LogP contribution in [0.25, 0.3) is 0 Å². The molecule has 8 nitrogen and oxygen atoms in total. The Hall–Kier alpha value is -3.04. The average molecular weight is 470 g/mol. The van der Waals surface area contributed by atoms with E-state index in [0.717, 1.165) is 24.1 Å². The minimum absolute atomic E-state index is 0.00669. The third-order valence-corrected chi connectivity index (χ3v) is 7.42. The second-order valence-corrected chi connectivity index (χ2v) is 10.4. The molecule has 1 aliphatic heterocycles. The molecule has 2 aliphatic rings. The summed E-state index contributed by atoms with van der Waals surface area (Å²) in [6, 6.07) is 11.3. The smallest absolute Gasteiger partial charge is 0.240 e. The molecule has 1 fully saturated rings. The zero-order chi connectivity index (χ0) is 23.8. The van der Waals surface area contributed by atoms with Crippen molar-refractivity contribution in [3.05, 3.63) is 53.6 Å². The lowest BCUT2D eigenvalue weighted by Crippen LogP contribution is -2.36. The maximum atomic E-state index is 12.7. The standard InChI is InChI=1S/C24H27N3O5S/c1-15-13-19-14-21(9-10-22(19)27(15)24(30)18-3-4-18)33(31,32)25-12-11-23(29)26-20-7-5-17(6-8-20)16(2)28/h5-10,14-15,18,25H,3-4,11-13H2,1-2H3,(H,26,29)/t15-/m0/s1. The van der Waals surface area contributed by atoms with E-state index in [0.29, 0.717) is 17.7 Å². The molecule has 2 aromatic rings. The van der Waals surface area contributed by atoms with E-state index in [-0.39, 0.29) is 47.4 Å². The second kappa shape index (κ2) is 9.07. The third kappa shape index (κ3) is 5.15. The van der Waals surface area contributed by atoms with E-state index in [1.165, 1.54) is 13.0 Å². The largest absolute Gasteiger partial charge is 0.326 e. The fourth-order valence-electron chi connectivity index (χ4n) is 4.03. The number of Topliss-reactive ketones (excluding diaryl/α,β-unsaturated/α-hetero) is 1. The lowest BCUT2D eigenvalue weighted by atomic mass is 10.1. The normalized spacial score (nSPS) is 17.5. The molecule has 0 spiro atoms. The van der Waals surface area contributed by atoms with Crippen molar-refractivity contribution >= 4 is 39.0 Å². The van der Waals surface area contributed by atoms with E-state index in [1.807, 2.05) is 6.92 Å². The zero-order valence-corrected chi connectivity index (χ0v) is 19.4. The molecular formula is C24H27N3O5S. The Labute approximate surface area is 193 Å². The molecule has 1 aliphatic carbocycles. The summed E-state index contributed by atoms with van der Waals surface area (Å²) in [5.41, 5.74) is 2.70. The number of anilines is 2. The molecule has 1 saturated carbocycles. The summed E-state index contributed by atoms with van der Waals surface area (Å²) in [4.78, 5) is 38.0. The van der Waals surface area contributed by atoms with Crippen molar-refractivity contribution in [2.45, 2.75) is 50.5 Å². The van der Waals surface area contributed by atoms with Gasteiger partial charge in [0.05, 0.1) is 4.90 Å². The molecule has 0 saturated heterocycles. The molecule has 0 radical (unpaired) electrons. The van der Waals surface area contributed by atoms with Gasteiger partial charge in [-0.3, -0.25) is 14.4 Å². The van der Waals surface area contributed by atoms with Crippen molar-refractivity contribution in [1.29, 1.82) is 0 Å². The number of carbonyl (C=O) groups excluding carboxylic acids is 3. The number of hydrogen-bond acceptors (Lipinski definition) is 5. The average Bonchev–Trinajstić information content (AvgIpc) is 3.55. The van der Waals surface area contributed by atoms with Gasteiger partial charge in [0.2, 0.25) is 21.8 Å². The first kappa shape index (κ1) is 23.1. The lowest BCUT2D eigenvalue weighted by molar-refractivity contribution is -0.120. The number of rotatable bonds is 8. The van der Waals surface area contributed by atoms with E-state index in [1.54, 1.807) is 41.3 Å². The molecule has 9 heteroatoms. The molecule has 0 aromatic heterocycles. The Morgan fingerprint density at radius 1 is 1.06 bits per heavy atom. The maximum Gasteiger partial charge on any atom is 0.240 e. The minimum atomic E-state index is -3.80. The Morgan fingerprint density at radius 3 is 2.39 bits per heavy atom. The summed E-state index contributed by atoms with van der Waals surface area (Å²) in [7, 11) is -3.80. The molecule has 2 aromatic carbocycles. The van der Waals surface area contributed by atoms with Gasteiger partial charge in [-0.25, -0.2) is 13.1 Å². The van der Waals surface area contributed by atoms with Crippen molar-refractivity contribution in [2.24, 2.45) is 5.92 Å². The summed E-state index contributed by atoms with van der Waals surface area (Å²) >= 11 is 0. The molecule has 4 rings (SSSR count). The highest BCUT2D eigenvalue weighted by atomic mass is 32.2. The highest BCUT2D eigenvalue weighted by Crippen LogP contribution is 2.39. The van der Waals surface area contributed by atoms with Gasteiger partial charge >= 0.3 is 0 Å². The summed E-state index contributed by atoms with van der Waals surface area (Å²) in [6.07, 6.45) is 2.41. The Balaban J connectivity index is 1.34. The van der Waals surface area contributed by atoms with E-state index in [4.69, 9.17) is 0 Å². The van der Waals surface area contributed by atoms with Crippen molar-refractivity contribution in [3.63, 3.8) is 0 Å². The fourth-order valence-corrected chi connectivity index (χ4v) is 5.11. The molecular weight excluding hydrogens is 442 g/mol. The summed E-state index contributed by atoms with van der Waals surface area (Å²) < 4.78 is 27.9. The Morgan fingerprint density at radius 2 is 1.76 bits per heavy atom. The van der Waals surface area contributed by atoms with Gasteiger partial charge in [0.25, 0.3) is 0 Å². The predicted octanol–water partition coefficient (Wildman–Crippen LogP) is 2.88. The Kier molecular flexibility index (Phi) is 6.36. The fraction of sp³-hybridized carbons (Fsp3) is 0.375. The minimum Gasteiger partial charge on any atom is -0.326 e. The number of sulfonamides is 1. The number of fused-ring (bicyclic) bond motifs is 1. The maximum absolute atomic E-state index is 12.7. The van der Waals surface area contributed by atoms with Crippen molar-refractivity contribution in [2.75, 3.05) is 16.8 Å². The second-order valence-electron chi connectivity index (χ2n) is 8.66. The number of nitrogens with one attached hydrogen (secondary N) is 2. The summed E-state index contributed by atoms with van der Waals surface area (Å²) in [6.45, 7) is 3.38. The van der Waals surface area contributed by atoms with Gasteiger partial charge in [0.1, 0.15) is 0 Å². The molecule has 174 valence electrons. The number of carbonyl (C=O) groups is 3. The first-order chi connectivity index (χ1) is 15.7. The SMILES string of the molecule is CC(=O)c1ccc(NC(=O)CCNS(=O)(=O)c2ccc3c(c2)C[C@H](C)N3C(=O)C2CC2)cc1. The zero-order valence-electron chi connectivity index (χ0n) is 18.6. The van der Waals surface area contributed by atoms with Crippen molar-refractivity contribution < 1.29 is 22.8 Å². The molecule has 2 amide bonds. The van der Waals surface area contributed by atoms with Gasteiger partial charge in [-0.15, -0.1) is 0 Å². The highest BCUT2D eigenvalue weighted by Gasteiger charge is 2.39. The summed E-state index contributed by atoms with van der Waals surface area (Å²) in [5, 5.41) is 2.68. The van der Waals surface area contributed by atoms with E-state index < -0.39 is 10.0 Å². The van der Waals surface area contributed by atoms with Gasteiger partial charge in [-0.2, -0.15) is 0 Å². The van der Waals surface area contributed by atoms with Crippen molar-refractivity contribution in [3.8, 4) is 0 Å². The van der Waals surface area contributed by atoms with Crippen molar-refractivity contribution in [1.82, 2.24) is 4.72 Å². The van der Waals surface area contributed by atoms with Crippen LogP contribution in [0.4, 0.5) is 11.4 Å². The topological polar surface area (TPSA) is 113 Å². The predicted molar refractivity (Wildman–Crippen MR) is 125 cm³/mol. The van der Waals surface area contributed by atoms with Crippen LogP contribution in [-0.4, -0.2) is 38.6 Å². The molecule has 1 atom stereocenters. The van der Waals surface area contributed by atoms with Gasteiger partial charge in [-0.05, 0) is 81.1 Å². The number of nitrogens with zero attached hydrogens (tertiary/aromatic N) is 1. The highest BCUT2D eigenvalue weighted by molar-refractivity contribution is 7.89. The summed E-state index contributed by atoms with van der Waals surface area (Å²) in [5.74, 6) is -0.186. The van der Waals surface area contributed by atoms with Crippen LogP contribution in [0.2, 0.25) is 0 Å². The molecule has 1 heterocycles. The van der Waals surface area contributed by atoms with Crippen LogP contribution in [0.3, 0.4) is 0 Å². The third-order valence-electron chi connectivity index (χ3n) is 5.96. The number of hydrogen-bond donors (Lipinski definition) is 2. The lowest BCUT2D eigenvalue weighted by Gasteiger charge is -2.22. The molecule has 33 heavy (non-hydrogen) atoms. The van der Waals surface area contributed by atoms with E-state index in [9.17, 15) is 22.8 Å². The van der Waals surface area contributed by atoms with Crippen LogP contribution >= 0.6 is 0 Å². The van der Waals surface area contributed by atoms with Crippen LogP contribution in [-0.2, 0) is 26.0 Å². The van der Waals surface area contributed by atoms with Crippen LogP contribution in [0, 0.1) is 5.92 Å². The van der Waals surface area contributed by atoms with Crippen LogP contribution in [0.15, 0.2) is 47.4 Å². The van der Waals surface area contributed by atoms with Gasteiger partial charge in [0, 0.05) is 41.9 Å².